The standard InChI is InChI=1S/C10H11F5N2O2/c11-9(12)5-17(7(19)10(13,14)15)4-2-8(9)1-3-16-6(8)18/h1-5H2,(H,16,18). The van der Waals surface area contributed by atoms with Crippen molar-refractivity contribution in [3.63, 3.8) is 0 Å². The molecule has 1 atom stereocenters. The second-order valence-electron chi connectivity index (χ2n) is 4.77. The topological polar surface area (TPSA) is 49.4 Å². The van der Waals surface area contributed by atoms with Crippen LogP contribution in [0.5, 0.6) is 0 Å². The van der Waals surface area contributed by atoms with Gasteiger partial charge in [-0.3, -0.25) is 9.59 Å². The molecule has 4 nitrogen and oxygen atoms in total. The van der Waals surface area contributed by atoms with Crippen LogP contribution in [0.15, 0.2) is 0 Å². The second kappa shape index (κ2) is 4.04. The number of piperidine rings is 1. The zero-order chi connectivity index (χ0) is 14.5. The first-order chi connectivity index (χ1) is 8.60. The lowest BCUT2D eigenvalue weighted by molar-refractivity contribution is -0.206. The summed E-state index contributed by atoms with van der Waals surface area (Å²) in [4.78, 5) is 22.5. The Balaban J connectivity index is 2.21. The van der Waals surface area contributed by atoms with E-state index in [0.29, 0.717) is 0 Å². The number of amides is 2. The SMILES string of the molecule is O=C(N1CCC2(CCNC2=O)C(F)(F)C1)C(F)(F)F. The van der Waals surface area contributed by atoms with Crippen molar-refractivity contribution in [2.45, 2.75) is 24.9 Å². The van der Waals surface area contributed by atoms with Gasteiger partial charge >= 0.3 is 12.1 Å². The number of hydrogen-bond donors (Lipinski definition) is 1. The van der Waals surface area contributed by atoms with Crippen LogP contribution in [0.25, 0.3) is 0 Å². The molecule has 2 fully saturated rings. The normalized spacial score (nSPS) is 30.6. The molecule has 9 heteroatoms. The lowest BCUT2D eigenvalue weighted by Gasteiger charge is -2.43. The number of hydrogen-bond acceptors (Lipinski definition) is 2. The van der Waals surface area contributed by atoms with Crippen LogP contribution in [-0.4, -0.2) is 48.4 Å². The number of halogens is 5. The molecule has 2 aliphatic heterocycles. The largest absolute Gasteiger partial charge is 0.471 e. The first-order valence-electron chi connectivity index (χ1n) is 5.62. The van der Waals surface area contributed by atoms with Crippen LogP contribution in [0.3, 0.4) is 0 Å². The predicted molar refractivity (Wildman–Crippen MR) is 52.3 cm³/mol. The third kappa shape index (κ3) is 2.04. The molecule has 19 heavy (non-hydrogen) atoms. The molecular formula is C10H11F5N2O2. The van der Waals surface area contributed by atoms with Crippen molar-refractivity contribution in [3.05, 3.63) is 0 Å². The summed E-state index contributed by atoms with van der Waals surface area (Å²) in [6.45, 7) is -1.80. The molecular weight excluding hydrogens is 275 g/mol. The fourth-order valence-electron chi connectivity index (χ4n) is 2.59. The number of nitrogens with zero attached hydrogens (tertiary/aromatic N) is 1. The molecule has 0 saturated carbocycles. The average Bonchev–Trinajstić information content (AvgIpc) is 2.64. The number of alkyl halides is 5. The van der Waals surface area contributed by atoms with E-state index in [4.69, 9.17) is 0 Å². The van der Waals surface area contributed by atoms with Gasteiger partial charge in [0, 0.05) is 13.1 Å². The van der Waals surface area contributed by atoms with Gasteiger partial charge in [0.15, 0.2) is 0 Å². The van der Waals surface area contributed by atoms with Crippen molar-refractivity contribution < 1.29 is 31.5 Å². The van der Waals surface area contributed by atoms with Gasteiger partial charge in [-0.15, -0.1) is 0 Å². The van der Waals surface area contributed by atoms with Gasteiger partial charge < -0.3 is 10.2 Å². The number of nitrogens with one attached hydrogen (secondary N) is 1. The zero-order valence-corrected chi connectivity index (χ0v) is 9.69. The Morgan fingerprint density at radius 2 is 1.89 bits per heavy atom. The number of carbonyl (C=O) groups is 2. The van der Waals surface area contributed by atoms with E-state index >= 15 is 0 Å². The summed E-state index contributed by atoms with van der Waals surface area (Å²) in [5, 5.41) is 2.27. The maximum absolute atomic E-state index is 14.0. The summed E-state index contributed by atoms with van der Waals surface area (Å²) in [7, 11) is 0. The molecule has 1 N–H and O–H groups in total. The summed E-state index contributed by atoms with van der Waals surface area (Å²) < 4.78 is 64.6. The molecule has 2 heterocycles. The van der Waals surface area contributed by atoms with Gasteiger partial charge in [0.2, 0.25) is 5.91 Å². The lowest BCUT2D eigenvalue weighted by atomic mass is 9.74. The zero-order valence-electron chi connectivity index (χ0n) is 9.69. The average molecular weight is 286 g/mol. The van der Waals surface area contributed by atoms with Crippen LogP contribution in [0, 0.1) is 5.41 Å². The fraction of sp³-hybridized carbons (Fsp3) is 0.800. The summed E-state index contributed by atoms with van der Waals surface area (Å²) in [5.41, 5.74) is -1.98. The van der Waals surface area contributed by atoms with Crippen LogP contribution in [0.4, 0.5) is 22.0 Å². The Morgan fingerprint density at radius 1 is 1.26 bits per heavy atom. The highest BCUT2D eigenvalue weighted by Gasteiger charge is 2.64. The molecule has 0 aromatic carbocycles. The molecule has 108 valence electrons. The van der Waals surface area contributed by atoms with Gasteiger partial charge in [0.25, 0.3) is 5.92 Å². The van der Waals surface area contributed by atoms with Crippen LogP contribution >= 0.6 is 0 Å². The summed E-state index contributed by atoms with van der Waals surface area (Å²) in [6.07, 6.45) is -5.78. The van der Waals surface area contributed by atoms with Crippen LogP contribution < -0.4 is 5.32 Å². The molecule has 0 aliphatic carbocycles. The quantitative estimate of drug-likeness (QED) is 0.673. The molecule has 2 amide bonds. The van der Waals surface area contributed by atoms with Gasteiger partial charge in [-0.2, -0.15) is 13.2 Å². The van der Waals surface area contributed by atoms with E-state index in [1.165, 1.54) is 0 Å². The van der Waals surface area contributed by atoms with E-state index in [-0.39, 0.29) is 17.9 Å². The molecule has 0 radical (unpaired) electrons. The summed E-state index contributed by atoms with van der Waals surface area (Å²) in [5.74, 6) is -6.80. The van der Waals surface area contributed by atoms with Crippen molar-refractivity contribution in [3.8, 4) is 0 Å². The summed E-state index contributed by atoms with van der Waals surface area (Å²) in [6, 6.07) is 0. The second-order valence-corrected chi connectivity index (χ2v) is 4.77. The number of likely N-dealkylation sites (tertiary alicyclic amines) is 1. The molecule has 0 aromatic heterocycles. The maximum Gasteiger partial charge on any atom is 0.471 e. The van der Waals surface area contributed by atoms with Crippen molar-refractivity contribution >= 4 is 11.8 Å². The Kier molecular flexibility index (Phi) is 2.98. The number of rotatable bonds is 0. The summed E-state index contributed by atoms with van der Waals surface area (Å²) >= 11 is 0. The van der Waals surface area contributed by atoms with E-state index in [2.05, 4.69) is 5.32 Å². The van der Waals surface area contributed by atoms with Gasteiger partial charge in [-0.05, 0) is 12.8 Å². The highest BCUT2D eigenvalue weighted by atomic mass is 19.4. The first kappa shape index (κ1) is 14.0. The van der Waals surface area contributed by atoms with Crippen molar-refractivity contribution in [1.29, 1.82) is 0 Å². The van der Waals surface area contributed by atoms with Crippen LogP contribution in [0.1, 0.15) is 12.8 Å². The third-order valence-corrected chi connectivity index (χ3v) is 3.70. The molecule has 0 bridgehead atoms. The van der Waals surface area contributed by atoms with Gasteiger partial charge in [-0.1, -0.05) is 0 Å². The first-order valence-corrected chi connectivity index (χ1v) is 5.62. The van der Waals surface area contributed by atoms with Gasteiger partial charge in [0.1, 0.15) is 5.41 Å². The minimum Gasteiger partial charge on any atom is -0.355 e. The number of carbonyl (C=O) groups excluding carboxylic acids is 2. The van der Waals surface area contributed by atoms with Gasteiger partial charge in [-0.25, -0.2) is 8.78 Å². The monoisotopic (exact) mass is 286 g/mol. The van der Waals surface area contributed by atoms with Gasteiger partial charge in [0.05, 0.1) is 6.54 Å². The molecule has 1 spiro atoms. The highest BCUT2D eigenvalue weighted by Crippen LogP contribution is 2.48. The lowest BCUT2D eigenvalue weighted by Crippen LogP contribution is -2.61. The van der Waals surface area contributed by atoms with E-state index in [9.17, 15) is 31.5 Å². The van der Waals surface area contributed by atoms with E-state index < -0.39 is 48.8 Å². The smallest absolute Gasteiger partial charge is 0.355 e. The Morgan fingerprint density at radius 3 is 2.32 bits per heavy atom. The van der Waals surface area contributed by atoms with E-state index in [1.54, 1.807) is 0 Å². The Bertz CT molecular complexity index is 423. The molecule has 2 aliphatic rings. The molecule has 2 rings (SSSR count). The van der Waals surface area contributed by atoms with E-state index in [1.807, 2.05) is 0 Å². The van der Waals surface area contributed by atoms with Crippen LogP contribution in [0.2, 0.25) is 0 Å². The third-order valence-electron chi connectivity index (χ3n) is 3.70. The van der Waals surface area contributed by atoms with Crippen molar-refractivity contribution in [1.82, 2.24) is 10.2 Å². The Hall–Kier alpha value is -1.41. The minimum atomic E-state index is -5.18. The maximum atomic E-state index is 14.0. The van der Waals surface area contributed by atoms with E-state index in [0.717, 1.165) is 0 Å². The van der Waals surface area contributed by atoms with Crippen LogP contribution in [-0.2, 0) is 9.59 Å². The highest BCUT2D eigenvalue weighted by molar-refractivity contribution is 5.87. The minimum absolute atomic E-state index is 0.0663. The van der Waals surface area contributed by atoms with Crippen molar-refractivity contribution in [2.75, 3.05) is 19.6 Å². The molecule has 1 unspecified atom stereocenters. The fourth-order valence-corrected chi connectivity index (χ4v) is 2.59. The van der Waals surface area contributed by atoms with Crippen molar-refractivity contribution in [2.24, 2.45) is 5.41 Å². The Labute approximate surface area is 104 Å². The predicted octanol–water partition coefficient (Wildman–Crippen LogP) is 0.923. The molecule has 2 saturated heterocycles. The molecule has 0 aromatic rings.